The lowest BCUT2D eigenvalue weighted by Crippen LogP contribution is -2.41. The maximum absolute atomic E-state index is 2.44. The highest BCUT2D eigenvalue weighted by atomic mass is 28.3. The highest BCUT2D eigenvalue weighted by Gasteiger charge is 2.22. The molecule has 2 heteroatoms. The molecule has 1 nitrogen and oxygen atoms in total. The molecule has 5 aromatic rings. The molecule has 0 saturated carbocycles. The first-order chi connectivity index (χ1) is 12.4. The van der Waals surface area contributed by atoms with Crippen LogP contribution in [0, 0.1) is 0 Å². The maximum atomic E-state index is 2.44. The van der Waals surface area contributed by atoms with Gasteiger partial charge in [0, 0.05) is 23.1 Å². The van der Waals surface area contributed by atoms with Crippen LogP contribution in [0.15, 0.2) is 66.7 Å². The molecule has 0 N–H and O–H groups in total. The molecule has 0 radical (unpaired) electrons. The van der Waals surface area contributed by atoms with Gasteiger partial charge < -0.3 is 4.57 Å². The number of rotatable bonds is 1. The summed E-state index contributed by atoms with van der Waals surface area (Å²) in [5.74, 6) is 0. The fourth-order valence-corrected chi connectivity index (χ4v) is 6.11. The average Bonchev–Trinajstić information content (AvgIpc) is 2.97. The fraction of sp³-hybridized carbons (Fsp3) is 0.167. The average molecular weight is 354 g/mol. The standard InChI is InChI=1S/C24H23NSi/c1-25-23(26(2,3)4)15-19-10-11-20-21(24(19)25)12-9-18-13-16-7-5-6-8-17(16)14-22(18)20/h5-15H,1-4H3. The third-order valence-electron chi connectivity index (χ3n) is 5.64. The van der Waals surface area contributed by atoms with E-state index in [0.29, 0.717) is 0 Å². The molecule has 128 valence electrons. The summed E-state index contributed by atoms with van der Waals surface area (Å²) in [5.41, 5.74) is 1.37. The topological polar surface area (TPSA) is 4.93 Å². The van der Waals surface area contributed by atoms with Crippen molar-refractivity contribution < 1.29 is 0 Å². The van der Waals surface area contributed by atoms with E-state index >= 15 is 0 Å². The summed E-state index contributed by atoms with van der Waals surface area (Å²) >= 11 is 0. The Balaban J connectivity index is 1.94. The van der Waals surface area contributed by atoms with Crippen molar-refractivity contribution in [1.82, 2.24) is 4.57 Å². The van der Waals surface area contributed by atoms with Crippen molar-refractivity contribution in [2.75, 3.05) is 0 Å². The summed E-state index contributed by atoms with van der Waals surface area (Å²) in [6, 6.07) is 24.9. The van der Waals surface area contributed by atoms with Gasteiger partial charge in [0.05, 0.1) is 13.6 Å². The zero-order chi connectivity index (χ0) is 18.1. The Morgan fingerprint density at radius 3 is 2.00 bits per heavy atom. The molecule has 0 aliphatic carbocycles. The van der Waals surface area contributed by atoms with Crippen molar-refractivity contribution in [3.63, 3.8) is 0 Å². The van der Waals surface area contributed by atoms with E-state index in [0.717, 1.165) is 0 Å². The lowest BCUT2D eigenvalue weighted by atomic mass is 9.97. The van der Waals surface area contributed by atoms with E-state index in [4.69, 9.17) is 0 Å². The Bertz CT molecular complexity index is 1320. The van der Waals surface area contributed by atoms with Crippen molar-refractivity contribution in [2.45, 2.75) is 19.6 Å². The van der Waals surface area contributed by atoms with E-state index in [1.165, 1.54) is 48.5 Å². The van der Waals surface area contributed by atoms with E-state index in [9.17, 15) is 0 Å². The van der Waals surface area contributed by atoms with Crippen LogP contribution >= 0.6 is 0 Å². The van der Waals surface area contributed by atoms with Gasteiger partial charge in [-0.25, -0.2) is 0 Å². The van der Waals surface area contributed by atoms with Gasteiger partial charge in [-0.2, -0.15) is 0 Å². The normalized spacial score (nSPS) is 12.6. The van der Waals surface area contributed by atoms with Crippen LogP contribution in [0.5, 0.6) is 0 Å². The van der Waals surface area contributed by atoms with Crippen molar-refractivity contribution >= 4 is 56.6 Å². The molecule has 26 heavy (non-hydrogen) atoms. The summed E-state index contributed by atoms with van der Waals surface area (Å²) in [7, 11) is 0.861. The third kappa shape index (κ3) is 2.15. The lowest BCUT2D eigenvalue weighted by molar-refractivity contribution is 0.999. The number of hydrogen-bond donors (Lipinski definition) is 0. The number of aryl methyl sites for hydroxylation is 1. The molecule has 4 aromatic carbocycles. The molecule has 0 aliphatic rings. The van der Waals surface area contributed by atoms with Gasteiger partial charge >= 0.3 is 0 Å². The van der Waals surface area contributed by atoms with Crippen molar-refractivity contribution in [2.24, 2.45) is 7.05 Å². The Morgan fingerprint density at radius 2 is 1.27 bits per heavy atom. The first-order valence-corrected chi connectivity index (χ1v) is 12.8. The van der Waals surface area contributed by atoms with E-state index in [1.807, 2.05) is 0 Å². The third-order valence-corrected chi connectivity index (χ3v) is 7.66. The highest BCUT2D eigenvalue weighted by Crippen LogP contribution is 2.33. The molecule has 0 bridgehead atoms. The van der Waals surface area contributed by atoms with Crippen LogP contribution in [0.25, 0.3) is 43.2 Å². The summed E-state index contributed by atoms with van der Waals surface area (Å²) in [6.07, 6.45) is 0. The molecule has 1 heterocycles. The Labute approximate surface area is 154 Å². The Morgan fingerprint density at radius 1 is 0.615 bits per heavy atom. The van der Waals surface area contributed by atoms with Crippen LogP contribution < -0.4 is 5.32 Å². The van der Waals surface area contributed by atoms with Crippen LogP contribution in [0.1, 0.15) is 0 Å². The Hall–Kier alpha value is -2.58. The minimum Gasteiger partial charge on any atom is -0.351 e. The van der Waals surface area contributed by atoms with Crippen molar-refractivity contribution in [3.05, 3.63) is 66.7 Å². The first-order valence-electron chi connectivity index (χ1n) is 9.28. The molecule has 0 unspecified atom stereocenters. The molecule has 5 rings (SSSR count). The van der Waals surface area contributed by atoms with Crippen LogP contribution in [0.4, 0.5) is 0 Å². The van der Waals surface area contributed by atoms with Gasteiger partial charge in [-0.15, -0.1) is 0 Å². The van der Waals surface area contributed by atoms with Gasteiger partial charge in [-0.3, -0.25) is 0 Å². The SMILES string of the molecule is Cn1c([Si](C)(C)C)cc2ccc3c4cc5ccccc5cc4ccc3c21. The largest absolute Gasteiger partial charge is 0.351 e. The molecule has 1 aromatic heterocycles. The first kappa shape index (κ1) is 15.7. The summed E-state index contributed by atoms with van der Waals surface area (Å²) in [5, 5.41) is 10.9. The molecule has 0 amide bonds. The van der Waals surface area contributed by atoms with E-state index in [2.05, 4.69) is 98.0 Å². The molecule has 0 spiro atoms. The molecule has 0 atom stereocenters. The monoisotopic (exact) mass is 353 g/mol. The minimum absolute atomic E-state index is 1.31. The second kappa shape index (κ2) is 5.21. The van der Waals surface area contributed by atoms with Crippen LogP contribution in [0.2, 0.25) is 19.6 Å². The van der Waals surface area contributed by atoms with Crippen LogP contribution in [0.3, 0.4) is 0 Å². The second-order valence-electron chi connectivity index (χ2n) is 8.42. The smallest absolute Gasteiger partial charge is 0.0984 e. The number of nitrogens with zero attached hydrogens (tertiary/aromatic N) is 1. The fourth-order valence-electron chi connectivity index (χ4n) is 4.41. The number of benzene rings is 4. The zero-order valence-corrected chi connectivity index (χ0v) is 16.8. The zero-order valence-electron chi connectivity index (χ0n) is 15.8. The second-order valence-corrected chi connectivity index (χ2v) is 13.4. The van der Waals surface area contributed by atoms with E-state index < -0.39 is 8.07 Å². The molecular formula is C24H23NSi. The summed E-state index contributed by atoms with van der Waals surface area (Å²) < 4.78 is 2.44. The van der Waals surface area contributed by atoms with Gasteiger partial charge in [0.1, 0.15) is 0 Å². The predicted octanol–water partition coefficient (Wildman–Crippen LogP) is 6.18. The molecular weight excluding hydrogens is 330 g/mol. The van der Waals surface area contributed by atoms with E-state index in [1.54, 1.807) is 0 Å². The minimum atomic E-state index is -1.38. The van der Waals surface area contributed by atoms with Crippen molar-refractivity contribution in [1.29, 1.82) is 0 Å². The van der Waals surface area contributed by atoms with E-state index in [-0.39, 0.29) is 0 Å². The highest BCUT2D eigenvalue weighted by molar-refractivity contribution is 6.88. The van der Waals surface area contributed by atoms with Gasteiger partial charge in [0.2, 0.25) is 0 Å². The predicted molar refractivity (Wildman–Crippen MR) is 118 cm³/mol. The van der Waals surface area contributed by atoms with Gasteiger partial charge in [0.25, 0.3) is 0 Å². The molecule has 0 saturated heterocycles. The molecule has 0 fully saturated rings. The lowest BCUT2D eigenvalue weighted by Gasteiger charge is -2.17. The van der Waals surface area contributed by atoms with Crippen molar-refractivity contribution in [3.8, 4) is 0 Å². The number of hydrogen-bond acceptors (Lipinski definition) is 0. The van der Waals surface area contributed by atoms with Gasteiger partial charge in [0.15, 0.2) is 0 Å². The number of fused-ring (bicyclic) bond motifs is 6. The van der Waals surface area contributed by atoms with Gasteiger partial charge in [-0.1, -0.05) is 68.2 Å². The van der Waals surface area contributed by atoms with Gasteiger partial charge in [-0.05, 0) is 45.1 Å². The summed E-state index contributed by atoms with van der Waals surface area (Å²) in [4.78, 5) is 0. The van der Waals surface area contributed by atoms with Crippen LogP contribution in [-0.2, 0) is 7.05 Å². The number of aromatic nitrogens is 1. The maximum Gasteiger partial charge on any atom is 0.0984 e. The quantitative estimate of drug-likeness (QED) is 0.192. The van der Waals surface area contributed by atoms with Crippen LogP contribution in [-0.4, -0.2) is 12.6 Å². The Kier molecular flexibility index (Phi) is 3.14. The summed E-state index contributed by atoms with van der Waals surface area (Å²) in [6.45, 7) is 7.26. The molecule has 0 aliphatic heterocycles.